The van der Waals surface area contributed by atoms with Gasteiger partial charge in [0.05, 0.1) is 18.8 Å². The highest BCUT2D eigenvalue weighted by Crippen LogP contribution is 2.69. The van der Waals surface area contributed by atoms with Gasteiger partial charge in [-0.3, -0.25) is 9.59 Å². The maximum absolute atomic E-state index is 13.7. The monoisotopic (exact) mass is 608 g/mol. The Kier molecular flexibility index (Phi) is 9.27. The number of methoxy groups -OCH3 is 1. The molecule has 5 aliphatic rings. The molecule has 1 heterocycles. The van der Waals surface area contributed by atoms with Crippen molar-refractivity contribution in [1.82, 2.24) is 0 Å². The Morgan fingerprint density at radius 1 is 1.05 bits per heavy atom. The van der Waals surface area contributed by atoms with E-state index in [9.17, 15) is 14.4 Å². The van der Waals surface area contributed by atoms with Crippen LogP contribution in [-0.2, 0) is 28.5 Å². The summed E-state index contributed by atoms with van der Waals surface area (Å²) in [5, 5.41) is 0. The van der Waals surface area contributed by atoms with Crippen molar-refractivity contribution >= 4 is 17.7 Å². The first-order valence-corrected chi connectivity index (χ1v) is 17.3. The molecule has 0 N–H and O–H groups in total. The molecular weight excluding hydrogens is 556 g/mol. The fourth-order valence-corrected chi connectivity index (χ4v) is 10.6. The number of ketones is 1. The van der Waals surface area contributed by atoms with E-state index in [2.05, 4.69) is 20.8 Å². The molecule has 5 fully saturated rings. The lowest BCUT2D eigenvalue weighted by atomic mass is 9.43. The Morgan fingerprint density at radius 2 is 1.84 bits per heavy atom. The molecule has 0 spiro atoms. The number of fused-ring (bicyclic) bond motifs is 5. The number of carbonyl (C=O) groups excluding carboxylic acids is 3. The SMILES string of the molecule is COC(=O)CCC(C)C1CCC2C3C(C[C@H](OC(=O)c4ccccc4)[C@]12C)[C@@]1(C)CCC(=O)C[C@H]1C[C@H]3OC1CCCCO1. The van der Waals surface area contributed by atoms with Crippen molar-refractivity contribution < 1.29 is 33.3 Å². The van der Waals surface area contributed by atoms with Crippen LogP contribution in [0.4, 0.5) is 0 Å². The molecular formula is C37H52O7. The largest absolute Gasteiger partial charge is 0.469 e. The minimum Gasteiger partial charge on any atom is -0.469 e. The van der Waals surface area contributed by atoms with Crippen molar-refractivity contribution in [3.63, 3.8) is 0 Å². The Labute approximate surface area is 263 Å². The van der Waals surface area contributed by atoms with Gasteiger partial charge in [0.25, 0.3) is 0 Å². The lowest BCUT2D eigenvalue weighted by molar-refractivity contribution is -0.258. The van der Waals surface area contributed by atoms with Gasteiger partial charge in [-0.1, -0.05) is 39.0 Å². The van der Waals surface area contributed by atoms with Crippen LogP contribution in [0.3, 0.4) is 0 Å². The molecule has 44 heavy (non-hydrogen) atoms. The number of ether oxygens (including phenoxy) is 4. The Balaban J connectivity index is 1.37. The average molecular weight is 609 g/mol. The molecule has 6 rings (SSSR count). The summed E-state index contributed by atoms with van der Waals surface area (Å²) in [5.74, 6) is 1.69. The van der Waals surface area contributed by atoms with Gasteiger partial charge in [0, 0.05) is 31.3 Å². The lowest BCUT2D eigenvalue weighted by Crippen LogP contribution is -2.63. The van der Waals surface area contributed by atoms with Crippen LogP contribution in [-0.4, -0.2) is 49.9 Å². The molecule has 1 aromatic rings. The minimum absolute atomic E-state index is 0.000814. The molecule has 7 nitrogen and oxygen atoms in total. The highest BCUT2D eigenvalue weighted by Gasteiger charge is 2.67. The molecule has 1 aromatic carbocycles. The standard InChI is InChI=1S/C37H52O7/c1-23(13-16-32(39)41-4)27-14-15-28-34-29(22-31(37(27,28)3)44-35(40)24-10-6-5-7-11-24)36(2)18-17-26(38)20-25(36)21-30(34)43-33-12-8-9-19-42-33/h5-7,10-11,23,25,27-31,33-34H,8-9,12-22H2,1-4H3/t23?,25-,27?,28?,29?,30+,31-,33?,34?,36-,37+/m0/s1. The van der Waals surface area contributed by atoms with E-state index in [1.165, 1.54) is 7.11 Å². The molecule has 0 amide bonds. The van der Waals surface area contributed by atoms with Crippen molar-refractivity contribution in [3.05, 3.63) is 35.9 Å². The van der Waals surface area contributed by atoms with Gasteiger partial charge in [0.15, 0.2) is 6.29 Å². The van der Waals surface area contributed by atoms with Crippen molar-refractivity contribution in [2.75, 3.05) is 13.7 Å². The lowest BCUT2D eigenvalue weighted by Gasteiger charge is -2.64. The third-order valence-electron chi connectivity index (χ3n) is 13.1. The summed E-state index contributed by atoms with van der Waals surface area (Å²) in [5.41, 5.74) is 0.318. The minimum atomic E-state index is -0.262. The zero-order valence-electron chi connectivity index (χ0n) is 27.1. The van der Waals surface area contributed by atoms with Crippen LogP contribution in [0, 0.1) is 46.3 Å². The molecule has 11 atom stereocenters. The van der Waals surface area contributed by atoms with Gasteiger partial charge >= 0.3 is 11.9 Å². The zero-order valence-corrected chi connectivity index (χ0v) is 27.1. The molecule has 6 unspecified atom stereocenters. The molecule has 4 saturated carbocycles. The summed E-state index contributed by atoms with van der Waals surface area (Å²) in [6, 6.07) is 9.34. The molecule has 242 valence electrons. The van der Waals surface area contributed by atoms with Gasteiger partial charge < -0.3 is 18.9 Å². The van der Waals surface area contributed by atoms with Gasteiger partial charge in [-0.15, -0.1) is 0 Å². The summed E-state index contributed by atoms with van der Waals surface area (Å²) in [4.78, 5) is 38.6. The fraction of sp³-hybridized carbons (Fsp3) is 0.757. The fourth-order valence-electron chi connectivity index (χ4n) is 10.6. The third-order valence-corrected chi connectivity index (χ3v) is 13.1. The average Bonchev–Trinajstić information content (AvgIpc) is 3.39. The molecule has 0 radical (unpaired) electrons. The normalized spacial score (nSPS) is 40.7. The Bertz CT molecular complexity index is 1190. The second kappa shape index (κ2) is 12.9. The third kappa shape index (κ3) is 5.77. The smallest absolute Gasteiger partial charge is 0.338 e. The van der Waals surface area contributed by atoms with Crippen LogP contribution in [0.5, 0.6) is 0 Å². The van der Waals surface area contributed by atoms with E-state index < -0.39 is 0 Å². The topological polar surface area (TPSA) is 88.1 Å². The van der Waals surface area contributed by atoms with Gasteiger partial charge in [0.2, 0.25) is 0 Å². The van der Waals surface area contributed by atoms with Crippen LogP contribution in [0.15, 0.2) is 30.3 Å². The first kappa shape index (κ1) is 31.7. The van der Waals surface area contributed by atoms with Gasteiger partial charge in [0.1, 0.15) is 11.9 Å². The van der Waals surface area contributed by atoms with Crippen LogP contribution < -0.4 is 0 Å². The van der Waals surface area contributed by atoms with Gasteiger partial charge in [-0.2, -0.15) is 0 Å². The highest BCUT2D eigenvalue weighted by atomic mass is 16.7. The molecule has 4 aliphatic carbocycles. The van der Waals surface area contributed by atoms with E-state index in [0.717, 1.165) is 64.4 Å². The van der Waals surface area contributed by atoms with Crippen LogP contribution >= 0.6 is 0 Å². The van der Waals surface area contributed by atoms with E-state index in [1.807, 2.05) is 30.3 Å². The van der Waals surface area contributed by atoms with E-state index >= 15 is 0 Å². The van der Waals surface area contributed by atoms with E-state index in [-0.39, 0.29) is 53.1 Å². The summed E-state index contributed by atoms with van der Waals surface area (Å²) in [7, 11) is 1.45. The first-order valence-electron chi connectivity index (χ1n) is 17.3. The number of rotatable bonds is 8. The van der Waals surface area contributed by atoms with Gasteiger partial charge in [-0.25, -0.2) is 4.79 Å². The number of benzene rings is 1. The van der Waals surface area contributed by atoms with Crippen molar-refractivity contribution in [3.8, 4) is 0 Å². The predicted molar refractivity (Wildman–Crippen MR) is 166 cm³/mol. The summed E-state index contributed by atoms with van der Waals surface area (Å²) >= 11 is 0. The first-order chi connectivity index (χ1) is 21.1. The summed E-state index contributed by atoms with van der Waals surface area (Å²) in [6.45, 7) is 7.79. The van der Waals surface area contributed by atoms with Gasteiger partial charge in [-0.05, 0) is 111 Å². The highest BCUT2D eigenvalue weighted by molar-refractivity contribution is 5.89. The maximum Gasteiger partial charge on any atom is 0.338 e. The van der Waals surface area contributed by atoms with Crippen LogP contribution in [0.2, 0.25) is 0 Å². The number of hydrogen-bond acceptors (Lipinski definition) is 7. The summed E-state index contributed by atoms with van der Waals surface area (Å²) < 4.78 is 24.7. The summed E-state index contributed by atoms with van der Waals surface area (Å²) in [6.07, 6.45) is 9.76. The number of carbonyl (C=O) groups is 3. The van der Waals surface area contributed by atoms with Crippen molar-refractivity contribution in [2.45, 2.75) is 116 Å². The molecule has 0 bridgehead atoms. The number of esters is 2. The van der Waals surface area contributed by atoms with E-state index in [1.54, 1.807) is 0 Å². The second-order valence-electron chi connectivity index (χ2n) is 15.1. The van der Waals surface area contributed by atoms with E-state index in [4.69, 9.17) is 18.9 Å². The predicted octanol–water partition coefficient (Wildman–Crippen LogP) is 7.16. The van der Waals surface area contributed by atoms with Crippen molar-refractivity contribution in [1.29, 1.82) is 0 Å². The second-order valence-corrected chi connectivity index (χ2v) is 15.1. The molecule has 1 aliphatic heterocycles. The van der Waals surface area contributed by atoms with Crippen molar-refractivity contribution in [2.24, 2.45) is 46.3 Å². The zero-order chi connectivity index (χ0) is 31.1. The quantitative estimate of drug-likeness (QED) is 0.229. The molecule has 7 heteroatoms. The van der Waals surface area contributed by atoms with E-state index in [0.29, 0.717) is 54.3 Å². The van der Waals surface area contributed by atoms with Crippen LogP contribution in [0.25, 0.3) is 0 Å². The van der Waals surface area contributed by atoms with Crippen LogP contribution in [0.1, 0.15) is 108 Å². The maximum atomic E-state index is 13.7. The Hall–Kier alpha value is -2.25. The molecule has 0 aromatic heterocycles. The number of hydrogen-bond donors (Lipinski definition) is 0. The Morgan fingerprint density at radius 3 is 2.57 bits per heavy atom. The number of Topliss-reactive ketones (excluding diaryl/α,β-unsaturated/α-hetero) is 1. The molecule has 1 saturated heterocycles.